The molecule has 0 amide bonds. The molecular formula is C12H22N4O2S. The van der Waals surface area contributed by atoms with Crippen LogP contribution in [0.3, 0.4) is 0 Å². The molecule has 0 unspecified atom stereocenters. The lowest BCUT2D eigenvalue weighted by molar-refractivity contribution is 0.262. The van der Waals surface area contributed by atoms with E-state index >= 15 is 0 Å². The molecule has 0 spiro atoms. The Hall–Kier alpha value is -0.920. The number of aryl methyl sites for hydroxylation is 1. The third kappa shape index (κ3) is 3.16. The highest BCUT2D eigenvalue weighted by atomic mass is 32.2. The Labute approximate surface area is 115 Å². The summed E-state index contributed by atoms with van der Waals surface area (Å²) in [4.78, 5) is 4.17. The minimum Gasteiger partial charge on any atom is -0.337 e. The number of aromatic nitrogens is 2. The number of piperidine rings is 1. The predicted octanol–water partition coefficient (Wildman–Crippen LogP) is 0.829. The van der Waals surface area contributed by atoms with Crippen LogP contribution in [0, 0.1) is 5.92 Å². The van der Waals surface area contributed by atoms with Gasteiger partial charge in [-0.15, -0.1) is 0 Å². The molecule has 1 aliphatic rings. The average molecular weight is 286 g/mol. The van der Waals surface area contributed by atoms with Crippen molar-refractivity contribution in [2.24, 2.45) is 13.0 Å². The summed E-state index contributed by atoms with van der Waals surface area (Å²) in [5, 5.41) is 0. The standard InChI is InChI=1S/C12H22N4O2S/c1-11-5-4-7-16(9-11)19(17,18)15(3)10-12-13-6-8-14(12)2/h6,8,11H,4-5,7,9-10H2,1-3H3/t11-/m0/s1. The molecule has 1 aliphatic heterocycles. The first kappa shape index (κ1) is 14.5. The highest BCUT2D eigenvalue weighted by molar-refractivity contribution is 7.86. The lowest BCUT2D eigenvalue weighted by Crippen LogP contribution is -2.46. The molecule has 0 saturated carbocycles. The van der Waals surface area contributed by atoms with Gasteiger partial charge in [0.2, 0.25) is 0 Å². The van der Waals surface area contributed by atoms with Crippen molar-refractivity contribution in [2.75, 3.05) is 20.1 Å². The van der Waals surface area contributed by atoms with Crippen LogP contribution in [0.4, 0.5) is 0 Å². The summed E-state index contributed by atoms with van der Waals surface area (Å²) >= 11 is 0. The smallest absolute Gasteiger partial charge is 0.282 e. The fourth-order valence-corrected chi connectivity index (χ4v) is 3.86. The second kappa shape index (κ2) is 5.60. The van der Waals surface area contributed by atoms with Crippen LogP contribution in [0.2, 0.25) is 0 Å². The van der Waals surface area contributed by atoms with Gasteiger partial charge in [0.1, 0.15) is 5.82 Å². The lowest BCUT2D eigenvalue weighted by Gasteiger charge is -2.32. The van der Waals surface area contributed by atoms with Crippen LogP contribution >= 0.6 is 0 Å². The van der Waals surface area contributed by atoms with Gasteiger partial charge in [-0.2, -0.15) is 17.0 Å². The first-order chi connectivity index (χ1) is 8.91. The molecule has 1 aromatic heterocycles. The van der Waals surface area contributed by atoms with Crippen molar-refractivity contribution in [1.29, 1.82) is 0 Å². The minimum atomic E-state index is -3.37. The normalized spacial score (nSPS) is 22.0. The van der Waals surface area contributed by atoms with Crippen molar-refractivity contribution in [3.05, 3.63) is 18.2 Å². The molecule has 1 atom stereocenters. The number of hydrogen-bond acceptors (Lipinski definition) is 3. The van der Waals surface area contributed by atoms with E-state index in [0.717, 1.165) is 18.7 Å². The van der Waals surface area contributed by atoms with Gasteiger partial charge in [-0.3, -0.25) is 0 Å². The molecule has 6 nitrogen and oxygen atoms in total. The van der Waals surface area contributed by atoms with E-state index in [-0.39, 0.29) is 0 Å². The summed E-state index contributed by atoms with van der Waals surface area (Å²) in [6.45, 7) is 3.64. The maximum atomic E-state index is 12.5. The second-order valence-corrected chi connectivity index (χ2v) is 7.36. The number of hydrogen-bond donors (Lipinski definition) is 0. The molecule has 1 aromatic rings. The molecule has 0 bridgehead atoms. The van der Waals surface area contributed by atoms with Gasteiger partial charge in [0.05, 0.1) is 6.54 Å². The van der Waals surface area contributed by atoms with Crippen LogP contribution in [-0.2, 0) is 23.8 Å². The van der Waals surface area contributed by atoms with Gasteiger partial charge in [0.15, 0.2) is 0 Å². The first-order valence-corrected chi connectivity index (χ1v) is 7.98. The van der Waals surface area contributed by atoms with Crippen LogP contribution < -0.4 is 0 Å². The zero-order valence-electron chi connectivity index (χ0n) is 11.8. The molecule has 7 heteroatoms. The molecule has 1 saturated heterocycles. The van der Waals surface area contributed by atoms with Gasteiger partial charge in [0.25, 0.3) is 10.2 Å². The Morgan fingerprint density at radius 1 is 1.53 bits per heavy atom. The zero-order valence-corrected chi connectivity index (χ0v) is 12.6. The molecule has 19 heavy (non-hydrogen) atoms. The fourth-order valence-electron chi connectivity index (χ4n) is 2.38. The van der Waals surface area contributed by atoms with Gasteiger partial charge in [-0.05, 0) is 18.8 Å². The number of imidazole rings is 1. The molecule has 2 rings (SSSR count). The Bertz CT molecular complexity index is 526. The molecule has 0 aromatic carbocycles. The predicted molar refractivity (Wildman–Crippen MR) is 73.6 cm³/mol. The topological polar surface area (TPSA) is 58.4 Å². The van der Waals surface area contributed by atoms with E-state index < -0.39 is 10.2 Å². The van der Waals surface area contributed by atoms with Gasteiger partial charge in [0, 0.05) is 39.6 Å². The monoisotopic (exact) mass is 286 g/mol. The average Bonchev–Trinajstić information content (AvgIpc) is 2.75. The summed E-state index contributed by atoms with van der Waals surface area (Å²) in [6, 6.07) is 0. The van der Waals surface area contributed by atoms with Crippen LogP contribution in [0.25, 0.3) is 0 Å². The van der Waals surface area contributed by atoms with E-state index in [9.17, 15) is 8.42 Å². The summed E-state index contributed by atoms with van der Waals surface area (Å²) < 4.78 is 29.8. The molecule has 0 N–H and O–H groups in total. The Balaban J connectivity index is 2.08. The highest BCUT2D eigenvalue weighted by Crippen LogP contribution is 2.20. The number of rotatable bonds is 4. The quantitative estimate of drug-likeness (QED) is 0.823. The molecule has 0 radical (unpaired) electrons. The van der Waals surface area contributed by atoms with Gasteiger partial charge in [-0.25, -0.2) is 4.98 Å². The Morgan fingerprint density at radius 3 is 2.84 bits per heavy atom. The highest BCUT2D eigenvalue weighted by Gasteiger charge is 2.30. The Kier molecular flexibility index (Phi) is 4.27. The molecule has 108 valence electrons. The van der Waals surface area contributed by atoms with Crippen LogP contribution in [0.15, 0.2) is 12.4 Å². The Morgan fingerprint density at radius 2 is 2.26 bits per heavy atom. The SMILES string of the molecule is C[C@H]1CCCN(S(=O)(=O)N(C)Cc2nccn2C)C1. The van der Waals surface area contributed by atoms with Crippen LogP contribution in [0.1, 0.15) is 25.6 Å². The van der Waals surface area contributed by atoms with Crippen molar-refractivity contribution in [2.45, 2.75) is 26.3 Å². The van der Waals surface area contributed by atoms with E-state index in [0.29, 0.717) is 25.6 Å². The van der Waals surface area contributed by atoms with Crippen molar-refractivity contribution in [1.82, 2.24) is 18.2 Å². The van der Waals surface area contributed by atoms with E-state index in [4.69, 9.17) is 0 Å². The third-order valence-corrected chi connectivity index (χ3v) is 5.53. The van der Waals surface area contributed by atoms with Gasteiger partial charge < -0.3 is 4.57 Å². The summed E-state index contributed by atoms with van der Waals surface area (Å²) in [5.74, 6) is 1.18. The molecule has 0 aliphatic carbocycles. The first-order valence-electron chi connectivity index (χ1n) is 6.59. The second-order valence-electron chi connectivity index (χ2n) is 5.32. The fraction of sp³-hybridized carbons (Fsp3) is 0.750. The van der Waals surface area contributed by atoms with Gasteiger partial charge in [-0.1, -0.05) is 6.92 Å². The number of nitrogens with zero attached hydrogens (tertiary/aromatic N) is 4. The van der Waals surface area contributed by atoms with E-state index in [1.54, 1.807) is 17.5 Å². The van der Waals surface area contributed by atoms with Crippen molar-refractivity contribution in [3.63, 3.8) is 0 Å². The van der Waals surface area contributed by atoms with Crippen molar-refractivity contribution < 1.29 is 8.42 Å². The van der Waals surface area contributed by atoms with Crippen LogP contribution in [-0.4, -0.2) is 46.7 Å². The van der Waals surface area contributed by atoms with Crippen molar-refractivity contribution in [3.8, 4) is 0 Å². The van der Waals surface area contributed by atoms with Crippen molar-refractivity contribution >= 4 is 10.2 Å². The molecule has 2 heterocycles. The van der Waals surface area contributed by atoms with E-state index in [1.165, 1.54) is 4.31 Å². The molecular weight excluding hydrogens is 264 g/mol. The van der Waals surface area contributed by atoms with E-state index in [2.05, 4.69) is 11.9 Å². The third-order valence-electron chi connectivity index (χ3n) is 3.62. The summed E-state index contributed by atoms with van der Waals surface area (Å²) in [5.41, 5.74) is 0. The summed E-state index contributed by atoms with van der Waals surface area (Å²) in [6.07, 6.45) is 5.54. The maximum Gasteiger partial charge on any atom is 0.282 e. The van der Waals surface area contributed by atoms with Crippen LogP contribution in [0.5, 0.6) is 0 Å². The largest absolute Gasteiger partial charge is 0.337 e. The maximum absolute atomic E-state index is 12.5. The van der Waals surface area contributed by atoms with Gasteiger partial charge >= 0.3 is 0 Å². The minimum absolute atomic E-state index is 0.302. The molecule has 1 fully saturated rings. The zero-order chi connectivity index (χ0) is 14.0. The summed E-state index contributed by atoms with van der Waals surface area (Å²) in [7, 11) is 0.107. The van der Waals surface area contributed by atoms with E-state index in [1.807, 2.05) is 17.8 Å². The lowest BCUT2D eigenvalue weighted by atomic mass is 10.0.